The molecule has 0 aromatic heterocycles. The Kier molecular flexibility index (Phi) is 8.02. The molecule has 0 atom stereocenters. The second kappa shape index (κ2) is 9.51. The van der Waals surface area contributed by atoms with Crippen LogP contribution < -0.4 is 11.1 Å². The fourth-order valence-electron chi connectivity index (χ4n) is 2.07. The molecule has 0 fully saturated rings. The maximum atomic E-state index is 11.2. The number of nitrogens with one attached hydrogen (secondary N) is 1. The Bertz CT molecular complexity index is 602. The van der Waals surface area contributed by atoms with E-state index in [0.29, 0.717) is 5.56 Å². The quantitative estimate of drug-likeness (QED) is 0.762. The summed E-state index contributed by atoms with van der Waals surface area (Å²) in [4.78, 5) is 11.2. The van der Waals surface area contributed by atoms with E-state index in [0.717, 1.165) is 30.0 Å². The molecule has 1 amide bonds. The fraction of sp³-hybridized carbons (Fsp3) is 0.235. The van der Waals surface area contributed by atoms with Gasteiger partial charge in [-0.2, -0.15) is 11.8 Å². The minimum absolute atomic E-state index is 0. The van der Waals surface area contributed by atoms with Gasteiger partial charge in [-0.05, 0) is 35.1 Å². The van der Waals surface area contributed by atoms with Crippen molar-refractivity contribution in [1.82, 2.24) is 5.32 Å². The summed E-state index contributed by atoms with van der Waals surface area (Å²) in [6, 6.07) is 15.8. The number of halogens is 1. The molecule has 22 heavy (non-hydrogen) atoms. The van der Waals surface area contributed by atoms with E-state index in [4.69, 9.17) is 5.73 Å². The first-order valence-corrected chi connectivity index (χ1v) is 8.29. The van der Waals surface area contributed by atoms with Crippen molar-refractivity contribution in [2.45, 2.75) is 6.54 Å². The van der Waals surface area contributed by atoms with E-state index < -0.39 is 5.91 Å². The Hall–Kier alpha value is -1.49. The molecule has 3 nitrogen and oxygen atoms in total. The van der Waals surface area contributed by atoms with E-state index in [1.165, 1.54) is 5.56 Å². The summed E-state index contributed by atoms with van der Waals surface area (Å²) < 4.78 is 0. The van der Waals surface area contributed by atoms with Gasteiger partial charge in [-0.25, -0.2) is 0 Å². The summed E-state index contributed by atoms with van der Waals surface area (Å²) in [5.74, 6) is 0.726. The average Bonchev–Trinajstić information content (AvgIpc) is 2.52. The van der Waals surface area contributed by atoms with Crippen molar-refractivity contribution in [3.63, 3.8) is 0 Å². The predicted molar refractivity (Wildman–Crippen MR) is 97.7 cm³/mol. The highest BCUT2D eigenvalue weighted by Gasteiger charge is 2.03. The minimum Gasteiger partial charge on any atom is -0.366 e. The molecular weight excluding hydrogens is 316 g/mol. The second-order valence-electron chi connectivity index (χ2n) is 4.81. The van der Waals surface area contributed by atoms with Gasteiger partial charge in [0.2, 0.25) is 5.91 Å². The Labute approximate surface area is 142 Å². The van der Waals surface area contributed by atoms with Crippen LogP contribution in [0.25, 0.3) is 11.1 Å². The van der Waals surface area contributed by atoms with Crippen LogP contribution in [0.5, 0.6) is 0 Å². The monoisotopic (exact) mass is 336 g/mol. The number of carbonyl (C=O) groups is 1. The zero-order chi connectivity index (χ0) is 15.1. The summed E-state index contributed by atoms with van der Waals surface area (Å²) in [6.07, 6.45) is 2.11. The van der Waals surface area contributed by atoms with Gasteiger partial charge in [-0.1, -0.05) is 36.4 Å². The van der Waals surface area contributed by atoms with Gasteiger partial charge in [-0.3, -0.25) is 4.79 Å². The standard InChI is InChI=1S/C17H20N2OS.ClH/c1-21-10-9-19-12-13-5-7-14(8-6-13)15-3-2-4-16(11-15)17(18)20;/h2-8,11,19H,9-10,12H2,1H3,(H2,18,20);1H. The molecule has 0 saturated carbocycles. The highest BCUT2D eigenvalue weighted by Crippen LogP contribution is 2.21. The van der Waals surface area contributed by atoms with Crippen LogP contribution >= 0.6 is 24.2 Å². The molecular formula is C17H21ClN2OS. The van der Waals surface area contributed by atoms with Crippen LogP contribution in [0.3, 0.4) is 0 Å². The lowest BCUT2D eigenvalue weighted by atomic mass is 10.0. The molecule has 0 spiro atoms. The molecule has 0 saturated heterocycles. The number of nitrogens with two attached hydrogens (primary N) is 1. The highest BCUT2D eigenvalue weighted by atomic mass is 35.5. The predicted octanol–water partition coefficient (Wildman–Crippen LogP) is 3.33. The first kappa shape index (κ1) is 18.6. The second-order valence-corrected chi connectivity index (χ2v) is 5.80. The van der Waals surface area contributed by atoms with Crippen LogP contribution in [-0.2, 0) is 6.54 Å². The third-order valence-electron chi connectivity index (χ3n) is 3.25. The number of carbonyl (C=O) groups excluding carboxylic acids is 1. The number of benzene rings is 2. The lowest BCUT2D eigenvalue weighted by Gasteiger charge is -2.07. The number of primary amides is 1. The van der Waals surface area contributed by atoms with Crippen molar-refractivity contribution in [3.05, 3.63) is 59.7 Å². The van der Waals surface area contributed by atoms with Crippen LogP contribution in [0.1, 0.15) is 15.9 Å². The smallest absolute Gasteiger partial charge is 0.248 e. The van der Waals surface area contributed by atoms with E-state index in [1.54, 1.807) is 6.07 Å². The molecule has 0 radical (unpaired) electrons. The van der Waals surface area contributed by atoms with Gasteiger partial charge in [0.15, 0.2) is 0 Å². The molecule has 118 valence electrons. The Morgan fingerprint density at radius 3 is 2.50 bits per heavy atom. The minimum atomic E-state index is -0.397. The third-order valence-corrected chi connectivity index (χ3v) is 3.86. The van der Waals surface area contributed by atoms with Crippen molar-refractivity contribution < 1.29 is 4.79 Å². The average molecular weight is 337 g/mol. The van der Waals surface area contributed by atoms with Crippen LogP contribution in [0.4, 0.5) is 0 Å². The van der Waals surface area contributed by atoms with Crippen molar-refractivity contribution in [3.8, 4) is 11.1 Å². The highest BCUT2D eigenvalue weighted by molar-refractivity contribution is 7.98. The SMILES string of the molecule is CSCCNCc1ccc(-c2cccc(C(N)=O)c2)cc1.Cl. The van der Waals surface area contributed by atoms with Gasteiger partial charge in [0.25, 0.3) is 0 Å². The Morgan fingerprint density at radius 1 is 1.14 bits per heavy atom. The zero-order valence-electron chi connectivity index (χ0n) is 12.5. The summed E-state index contributed by atoms with van der Waals surface area (Å²) in [7, 11) is 0. The molecule has 2 aromatic carbocycles. The van der Waals surface area contributed by atoms with Gasteiger partial charge in [-0.15, -0.1) is 12.4 Å². The maximum absolute atomic E-state index is 11.2. The van der Waals surface area contributed by atoms with Crippen LogP contribution in [0.15, 0.2) is 48.5 Å². The van der Waals surface area contributed by atoms with Crippen molar-refractivity contribution in [1.29, 1.82) is 0 Å². The Morgan fingerprint density at radius 2 is 1.86 bits per heavy atom. The van der Waals surface area contributed by atoms with Gasteiger partial charge >= 0.3 is 0 Å². The van der Waals surface area contributed by atoms with Gasteiger partial charge in [0.1, 0.15) is 0 Å². The molecule has 0 aliphatic heterocycles. The summed E-state index contributed by atoms with van der Waals surface area (Å²) in [5, 5.41) is 3.40. The van der Waals surface area contributed by atoms with Gasteiger partial charge < -0.3 is 11.1 Å². The fourth-order valence-corrected chi connectivity index (χ4v) is 2.42. The zero-order valence-corrected chi connectivity index (χ0v) is 14.2. The molecule has 3 N–H and O–H groups in total. The number of thioether (sulfide) groups is 1. The topological polar surface area (TPSA) is 55.1 Å². The van der Waals surface area contributed by atoms with E-state index in [9.17, 15) is 4.79 Å². The van der Waals surface area contributed by atoms with E-state index >= 15 is 0 Å². The molecule has 2 rings (SSSR count). The number of rotatable bonds is 7. The van der Waals surface area contributed by atoms with E-state index in [2.05, 4.69) is 35.8 Å². The maximum Gasteiger partial charge on any atom is 0.248 e. The third kappa shape index (κ3) is 5.37. The van der Waals surface area contributed by atoms with Crippen molar-refractivity contribution >= 4 is 30.1 Å². The summed E-state index contributed by atoms with van der Waals surface area (Å²) in [5.41, 5.74) is 9.20. The lowest BCUT2D eigenvalue weighted by molar-refractivity contribution is 0.100. The first-order valence-electron chi connectivity index (χ1n) is 6.89. The number of hydrogen-bond acceptors (Lipinski definition) is 3. The lowest BCUT2D eigenvalue weighted by Crippen LogP contribution is -2.16. The number of amides is 1. The molecule has 5 heteroatoms. The van der Waals surface area contributed by atoms with Gasteiger partial charge in [0.05, 0.1) is 0 Å². The van der Waals surface area contributed by atoms with Gasteiger partial charge in [0, 0.05) is 24.4 Å². The molecule has 0 heterocycles. The first-order chi connectivity index (χ1) is 10.2. The summed E-state index contributed by atoms with van der Waals surface area (Å²) >= 11 is 1.84. The summed E-state index contributed by atoms with van der Waals surface area (Å²) in [6.45, 7) is 1.89. The molecule has 0 bridgehead atoms. The Balaban J connectivity index is 0.00000242. The van der Waals surface area contributed by atoms with Crippen molar-refractivity contribution in [2.24, 2.45) is 5.73 Å². The number of hydrogen-bond donors (Lipinski definition) is 2. The molecule has 2 aromatic rings. The normalized spacial score (nSPS) is 10.0. The largest absolute Gasteiger partial charge is 0.366 e. The molecule has 0 aliphatic rings. The van der Waals surface area contributed by atoms with Crippen LogP contribution in [0.2, 0.25) is 0 Å². The molecule has 0 unspecified atom stereocenters. The van der Waals surface area contributed by atoms with Crippen LogP contribution in [0, 0.1) is 0 Å². The van der Waals surface area contributed by atoms with E-state index in [1.807, 2.05) is 30.0 Å². The van der Waals surface area contributed by atoms with Crippen molar-refractivity contribution in [2.75, 3.05) is 18.6 Å². The molecule has 0 aliphatic carbocycles. The van der Waals surface area contributed by atoms with Crippen LogP contribution in [-0.4, -0.2) is 24.5 Å². The van der Waals surface area contributed by atoms with E-state index in [-0.39, 0.29) is 12.4 Å².